The largest absolute Gasteiger partial charge is 0.497 e. The summed E-state index contributed by atoms with van der Waals surface area (Å²) >= 11 is 6.92. The number of nitrogens with two attached hydrogens (primary N) is 1. The lowest BCUT2D eigenvalue weighted by Crippen LogP contribution is -2.27. The molecule has 0 amide bonds. The third-order valence-electron chi connectivity index (χ3n) is 6.60. The van der Waals surface area contributed by atoms with Crippen LogP contribution < -0.4 is 15.2 Å². The van der Waals surface area contributed by atoms with E-state index in [0.717, 1.165) is 42.7 Å². The van der Waals surface area contributed by atoms with Crippen LogP contribution >= 0.6 is 31.9 Å². The molecular weight excluding hydrogens is 624 g/mol. The van der Waals surface area contributed by atoms with E-state index in [2.05, 4.69) is 36.9 Å². The van der Waals surface area contributed by atoms with Gasteiger partial charge in [-0.15, -0.1) is 0 Å². The highest BCUT2D eigenvalue weighted by Crippen LogP contribution is 2.39. The van der Waals surface area contributed by atoms with Crippen molar-refractivity contribution in [3.8, 4) is 11.5 Å². The molecule has 0 fully saturated rings. The fraction of sp³-hybridized carbons (Fsp3) is 0.194. The van der Waals surface area contributed by atoms with Gasteiger partial charge in [-0.25, -0.2) is 4.99 Å². The van der Waals surface area contributed by atoms with Crippen molar-refractivity contribution in [2.24, 2.45) is 10.7 Å². The van der Waals surface area contributed by atoms with Gasteiger partial charge in [-0.05, 0) is 77.7 Å². The van der Waals surface area contributed by atoms with Gasteiger partial charge in [0.15, 0.2) is 5.54 Å². The van der Waals surface area contributed by atoms with E-state index in [1.807, 2.05) is 97.1 Å². The van der Waals surface area contributed by atoms with Crippen molar-refractivity contribution >= 4 is 37.9 Å². The molecule has 0 aromatic heterocycles. The smallest absolute Gasteiger partial charge is 0.283 e. The summed E-state index contributed by atoms with van der Waals surface area (Å²) in [5.41, 5.74) is 7.75. The van der Waals surface area contributed by atoms with Crippen LogP contribution in [-0.2, 0) is 15.9 Å². The maximum absolute atomic E-state index is 10.7. The van der Waals surface area contributed by atoms with E-state index >= 15 is 0 Å². The highest BCUT2D eigenvalue weighted by atomic mass is 79.9. The van der Waals surface area contributed by atoms with Gasteiger partial charge in [0.1, 0.15) is 23.7 Å². The molecule has 0 saturated carbocycles. The van der Waals surface area contributed by atoms with Gasteiger partial charge in [0, 0.05) is 8.95 Å². The number of aliphatic hydroxyl groups is 1. The number of rotatable bonds is 6. The molecule has 1 aliphatic heterocycles. The Hall–Kier alpha value is -3.33. The standard InChI is InChI=1S/C16H15BrN2O2.C15H15BrO2/c1-20-14-7-3-5-12(9-14)16(10-21-15(18)19-16)11-4-2-6-13(17)8-11;1-15(17,11-5-3-7-13(16)9-11)12-6-4-8-14(10-12)18-2/h2-9H,10H2,1H3,(H2,18,19);3-10,17H,1-2H3. The predicted molar refractivity (Wildman–Crippen MR) is 161 cm³/mol. The minimum absolute atomic E-state index is 0.206. The summed E-state index contributed by atoms with van der Waals surface area (Å²) in [4.78, 5) is 4.57. The van der Waals surface area contributed by atoms with Crippen LogP contribution in [0.2, 0.25) is 0 Å². The van der Waals surface area contributed by atoms with Gasteiger partial charge in [0.25, 0.3) is 6.02 Å². The van der Waals surface area contributed by atoms with E-state index in [4.69, 9.17) is 19.9 Å². The number of nitrogens with zero attached hydrogens (tertiary/aromatic N) is 1. The molecule has 1 heterocycles. The van der Waals surface area contributed by atoms with Crippen LogP contribution in [0.1, 0.15) is 29.2 Å². The summed E-state index contributed by atoms with van der Waals surface area (Å²) in [6, 6.07) is 31.2. The molecule has 2 atom stereocenters. The molecule has 1 aliphatic rings. The number of halogens is 2. The number of aliphatic imine (C=N–C) groups is 1. The Labute approximate surface area is 245 Å². The van der Waals surface area contributed by atoms with Crippen molar-refractivity contribution in [3.63, 3.8) is 0 Å². The molecule has 202 valence electrons. The van der Waals surface area contributed by atoms with E-state index in [-0.39, 0.29) is 6.02 Å². The zero-order valence-corrected chi connectivity index (χ0v) is 25.1. The van der Waals surface area contributed by atoms with Gasteiger partial charge in [0.05, 0.1) is 14.2 Å². The molecular formula is C31H30Br2N2O4. The molecule has 3 N–H and O–H groups in total. The summed E-state index contributed by atoms with van der Waals surface area (Å²) in [6.45, 7) is 2.16. The number of methoxy groups -OCH3 is 2. The second kappa shape index (κ2) is 12.2. The summed E-state index contributed by atoms with van der Waals surface area (Å²) in [7, 11) is 3.26. The predicted octanol–water partition coefficient (Wildman–Crippen LogP) is 6.76. The molecule has 0 aliphatic carbocycles. The van der Waals surface area contributed by atoms with E-state index < -0.39 is 11.1 Å². The van der Waals surface area contributed by atoms with Gasteiger partial charge < -0.3 is 25.1 Å². The number of hydrogen-bond acceptors (Lipinski definition) is 6. The normalized spacial score (nSPS) is 17.6. The number of hydrogen-bond donors (Lipinski definition) is 2. The maximum Gasteiger partial charge on any atom is 0.283 e. The monoisotopic (exact) mass is 652 g/mol. The van der Waals surface area contributed by atoms with Crippen molar-refractivity contribution in [2.45, 2.75) is 18.1 Å². The molecule has 8 heteroatoms. The van der Waals surface area contributed by atoms with Crippen molar-refractivity contribution in [1.82, 2.24) is 0 Å². The molecule has 0 spiro atoms. The first kappa shape index (κ1) is 28.7. The lowest BCUT2D eigenvalue weighted by Gasteiger charge is -2.25. The van der Waals surface area contributed by atoms with E-state index in [0.29, 0.717) is 6.61 Å². The summed E-state index contributed by atoms with van der Waals surface area (Å²) in [5, 5.41) is 10.7. The van der Waals surface area contributed by atoms with Crippen LogP contribution in [0.4, 0.5) is 0 Å². The van der Waals surface area contributed by atoms with Crippen molar-refractivity contribution < 1.29 is 19.3 Å². The van der Waals surface area contributed by atoms with Crippen LogP contribution in [0.5, 0.6) is 11.5 Å². The van der Waals surface area contributed by atoms with Crippen LogP contribution in [0.15, 0.2) is 111 Å². The first-order chi connectivity index (χ1) is 18.7. The molecule has 0 bridgehead atoms. The van der Waals surface area contributed by atoms with E-state index in [9.17, 15) is 5.11 Å². The summed E-state index contributed by atoms with van der Waals surface area (Å²) in [6.07, 6.45) is 0. The Kier molecular flexibility index (Phi) is 9.00. The Morgan fingerprint density at radius 3 is 1.87 bits per heavy atom. The summed E-state index contributed by atoms with van der Waals surface area (Å²) < 4.78 is 17.9. The summed E-state index contributed by atoms with van der Waals surface area (Å²) in [5.74, 6) is 1.52. The average molecular weight is 654 g/mol. The lowest BCUT2D eigenvalue weighted by atomic mass is 9.84. The zero-order valence-electron chi connectivity index (χ0n) is 21.9. The fourth-order valence-corrected chi connectivity index (χ4v) is 5.20. The van der Waals surface area contributed by atoms with Crippen molar-refractivity contribution in [1.29, 1.82) is 0 Å². The first-order valence-electron chi connectivity index (χ1n) is 12.2. The van der Waals surface area contributed by atoms with Crippen LogP contribution in [0.25, 0.3) is 0 Å². The number of ether oxygens (including phenoxy) is 3. The van der Waals surface area contributed by atoms with E-state index in [1.165, 1.54) is 0 Å². The van der Waals surface area contributed by atoms with Gasteiger partial charge in [-0.1, -0.05) is 80.4 Å². The minimum Gasteiger partial charge on any atom is -0.497 e. The molecule has 5 rings (SSSR count). The first-order valence-corrected chi connectivity index (χ1v) is 13.8. The average Bonchev–Trinajstić information content (AvgIpc) is 3.36. The molecule has 39 heavy (non-hydrogen) atoms. The van der Waals surface area contributed by atoms with Gasteiger partial charge in [-0.3, -0.25) is 0 Å². The highest BCUT2D eigenvalue weighted by Gasteiger charge is 2.40. The third kappa shape index (κ3) is 6.46. The van der Waals surface area contributed by atoms with Crippen LogP contribution in [0, 0.1) is 0 Å². The van der Waals surface area contributed by atoms with E-state index in [1.54, 1.807) is 21.1 Å². The quantitative estimate of drug-likeness (QED) is 0.240. The zero-order chi connectivity index (χ0) is 28.0. The Morgan fingerprint density at radius 1 is 0.795 bits per heavy atom. The third-order valence-corrected chi connectivity index (χ3v) is 7.58. The second-order valence-corrected chi connectivity index (χ2v) is 11.0. The fourth-order valence-electron chi connectivity index (χ4n) is 4.40. The van der Waals surface area contributed by atoms with Crippen molar-refractivity contribution in [3.05, 3.63) is 128 Å². The second-order valence-electron chi connectivity index (χ2n) is 9.16. The molecule has 4 aromatic carbocycles. The Morgan fingerprint density at radius 2 is 1.31 bits per heavy atom. The highest BCUT2D eigenvalue weighted by molar-refractivity contribution is 9.10. The van der Waals surface area contributed by atoms with Gasteiger partial charge in [0.2, 0.25) is 0 Å². The van der Waals surface area contributed by atoms with Crippen LogP contribution in [-0.4, -0.2) is 32.0 Å². The Balaban J connectivity index is 0.000000183. The molecule has 0 radical (unpaired) electrons. The van der Waals surface area contributed by atoms with Crippen LogP contribution in [0.3, 0.4) is 0 Å². The molecule has 4 aromatic rings. The molecule has 2 unspecified atom stereocenters. The lowest BCUT2D eigenvalue weighted by molar-refractivity contribution is 0.102. The topological polar surface area (TPSA) is 86.3 Å². The SMILES string of the molecule is COc1cccc(C(C)(O)c2cccc(Br)c2)c1.COc1cccc(C2(c3cccc(Br)c3)COC(N)=N2)c1. The molecule has 0 saturated heterocycles. The minimum atomic E-state index is -1.04. The van der Waals surface area contributed by atoms with Gasteiger partial charge >= 0.3 is 0 Å². The number of benzene rings is 4. The maximum atomic E-state index is 10.7. The van der Waals surface area contributed by atoms with Crippen molar-refractivity contribution in [2.75, 3.05) is 20.8 Å². The molecule has 6 nitrogen and oxygen atoms in total. The number of amidine groups is 1. The van der Waals surface area contributed by atoms with Gasteiger partial charge in [-0.2, -0.15) is 0 Å². The Bertz CT molecular complexity index is 1470.